The van der Waals surface area contributed by atoms with E-state index in [1.165, 1.54) is 6.07 Å². The molecule has 2 aromatic rings. The Bertz CT molecular complexity index is 866. The maximum absolute atomic E-state index is 13.4. The number of nitrogens with zero attached hydrogens (tertiary/aromatic N) is 1. The lowest BCUT2D eigenvalue weighted by molar-refractivity contribution is 0.0509. The molecule has 146 valence electrons. The summed E-state index contributed by atoms with van der Waals surface area (Å²) < 4.78 is 32.4. The van der Waals surface area contributed by atoms with E-state index < -0.39 is 6.43 Å². The van der Waals surface area contributed by atoms with Gasteiger partial charge < -0.3 is 4.74 Å². The summed E-state index contributed by atoms with van der Waals surface area (Å²) in [6.45, 7) is 0.237. The Hall–Kier alpha value is -2.69. The van der Waals surface area contributed by atoms with Crippen molar-refractivity contribution in [2.75, 3.05) is 0 Å². The predicted octanol–water partition coefficient (Wildman–Crippen LogP) is 5.97. The summed E-state index contributed by atoms with van der Waals surface area (Å²) in [5.74, 6) is 0. The highest BCUT2D eigenvalue weighted by Crippen LogP contribution is 2.39. The van der Waals surface area contributed by atoms with Gasteiger partial charge in [-0.25, -0.2) is 13.6 Å². The fourth-order valence-corrected chi connectivity index (χ4v) is 4.29. The van der Waals surface area contributed by atoms with E-state index in [9.17, 15) is 13.6 Å². The van der Waals surface area contributed by atoms with Crippen LogP contribution in [0.15, 0.2) is 60.7 Å². The number of hydrogen-bond donors (Lipinski definition) is 0. The van der Waals surface area contributed by atoms with Crippen LogP contribution in [-0.4, -0.2) is 23.1 Å². The van der Waals surface area contributed by atoms with E-state index in [2.05, 4.69) is 0 Å². The molecule has 2 atom stereocenters. The number of benzene rings is 2. The third kappa shape index (κ3) is 3.79. The number of ether oxygens (including phenoxy) is 1. The number of halogens is 2. The van der Waals surface area contributed by atoms with E-state index >= 15 is 0 Å². The number of fused-ring (bicyclic) bond motifs is 2. The van der Waals surface area contributed by atoms with Crippen molar-refractivity contribution < 1.29 is 18.3 Å². The van der Waals surface area contributed by atoms with Crippen molar-refractivity contribution in [2.45, 2.75) is 50.8 Å². The Labute approximate surface area is 163 Å². The molecule has 0 aromatic heterocycles. The number of amides is 1. The molecule has 2 unspecified atom stereocenters. The van der Waals surface area contributed by atoms with Gasteiger partial charge in [-0.2, -0.15) is 0 Å². The molecular formula is C23H23F2NO2. The topological polar surface area (TPSA) is 29.5 Å². The van der Waals surface area contributed by atoms with Crippen molar-refractivity contribution >= 4 is 11.7 Å². The summed E-state index contributed by atoms with van der Waals surface area (Å²) in [7, 11) is 0. The molecule has 0 N–H and O–H groups in total. The summed E-state index contributed by atoms with van der Waals surface area (Å²) >= 11 is 0. The molecule has 3 nitrogen and oxygen atoms in total. The van der Waals surface area contributed by atoms with Crippen molar-refractivity contribution in [3.63, 3.8) is 0 Å². The molecule has 2 aromatic carbocycles. The quantitative estimate of drug-likeness (QED) is 0.651. The summed E-state index contributed by atoms with van der Waals surface area (Å²) in [5, 5.41) is 0. The first-order valence-corrected chi connectivity index (χ1v) is 9.70. The molecule has 1 amide bonds. The lowest BCUT2D eigenvalue weighted by Crippen LogP contribution is -2.51. The van der Waals surface area contributed by atoms with Crippen LogP contribution in [0.4, 0.5) is 13.6 Å². The van der Waals surface area contributed by atoms with Crippen LogP contribution in [0.3, 0.4) is 0 Å². The Kier molecular flexibility index (Phi) is 5.42. The maximum Gasteiger partial charge on any atom is 0.410 e. The summed E-state index contributed by atoms with van der Waals surface area (Å²) in [5.41, 5.74) is 2.52. The second kappa shape index (κ2) is 8.13. The van der Waals surface area contributed by atoms with Crippen molar-refractivity contribution in [1.29, 1.82) is 0 Å². The molecule has 5 heteroatoms. The van der Waals surface area contributed by atoms with Crippen molar-refractivity contribution in [3.05, 3.63) is 77.4 Å². The number of alkyl halides is 2. The number of rotatable bonds is 4. The van der Waals surface area contributed by atoms with Crippen LogP contribution in [0, 0.1) is 0 Å². The third-order valence-electron chi connectivity index (χ3n) is 5.59. The van der Waals surface area contributed by atoms with Crippen LogP contribution in [0.2, 0.25) is 0 Å². The Morgan fingerprint density at radius 3 is 2.57 bits per heavy atom. The van der Waals surface area contributed by atoms with Crippen LogP contribution in [-0.2, 0) is 11.3 Å². The Morgan fingerprint density at radius 1 is 1.07 bits per heavy atom. The van der Waals surface area contributed by atoms with Gasteiger partial charge in [0, 0.05) is 11.6 Å². The van der Waals surface area contributed by atoms with Gasteiger partial charge in [0.2, 0.25) is 0 Å². The predicted molar refractivity (Wildman–Crippen MR) is 104 cm³/mol. The van der Waals surface area contributed by atoms with Gasteiger partial charge >= 0.3 is 6.09 Å². The molecule has 0 radical (unpaired) electrons. The van der Waals surface area contributed by atoms with Crippen LogP contribution in [0.1, 0.15) is 48.8 Å². The van der Waals surface area contributed by atoms with Gasteiger partial charge in [-0.3, -0.25) is 4.90 Å². The van der Waals surface area contributed by atoms with Gasteiger partial charge in [0.25, 0.3) is 6.43 Å². The first-order valence-electron chi connectivity index (χ1n) is 9.70. The SMILES string of the molecule is O=C(OCc1ccccc1)N1C2C=C(c3ccccc3C(F)F)CC1CCC2. The monoisotopic (exact) mass is 383 g/mol. The van der Waals surface area contributed by atoms with Gasteiger partial charge in [-0.05, 0) is 42.4 Å². The third-order valence-corrected chi connectivity index (χ3v) is 5.59. The first-order chi connectivity index (χ1) is 13.6. The van der Waals surface area contributed by atoms with Crippen molar-refractivity contribution in [2.24, 2.45) is 0 Å². The first kappa shape index (κ1) is 18.7. The smallest absolute Gasteiger partial charge is 0.410 e. The molecule has 0 spiro atoms. The molecule has 0 aliphatic carbocycles. The summed E-state index contributed by atoms with van der Waals surface area (Å²) in [4.78, 5) is 14.6. The van der Waals surface area contributed by atoms with Crippen molar-refractivity contribution in [3.8, 4) is 0 Å². The van der Waals surface area contributed by atoms with E-state index in [0.29, 0.717) is 12.0 Å². The molecule has 1 saturated heterocycles. The van der Waals surface area contributed by atoms with Gasteiger partial charge in [0.1, 0.15) is 6.61 Å². The number of hydrogen-bond acceptors (Lipinski definition) is 2. The normalized spacial score (nSPS) is 21.4. The van der Waals surface area contributed by atoms with Crippen LogP contribution < -0.4 is 0 Å². The van der Waals surface area contributed by atoms with E-state index in [1.54, 1.807) is 23.1 Å². The maximum atomic E-state index is 13.4. The molecule has 1 fully saturated rings. The van der Waals surface area contributed by atoms with Crippen LogP contribution in [0.5, 0.6) is 0 Å². The molecule has 2 aliphatic rings. The lowest BCUT2D eigenvalue weighted by atomic mass is 9.82. The highest BCUT2D eigenvalue weighted by Gasteiger charge is 2.38. The molecule has 0 saturated carbocycles. The molecule has 4 rings (SSSR count). The minimum atomic E-state index is -2.51. The largest absolute Gasteiger partial charge is 0.445 e. The van der Waals surface area contributed by atoms with Crippen LogP contribution >= 0.6 is 0 Å². The van der Waals surface area contributed by atoms with Gasteiger partial charge in [0.05, 0.1) is 6.04 Å². The van der Waals surface area contributed by atoms with E-state index in [4.69, 9.17) is 4.74 Å². The number of carbonyl (C=O) groups is 1. The average molecular weight is 383 g/mol. The van der Waals surface area contributed by atoms with Gasteiger partial charge in [0.15, 0.2) is 0 Å². The second-order valence-corrected chi connectivity index (χ2v) is 7.38. The molecule has 2 bridgehead atoms. The Morgan fingerprint density at radius 2 is 1.82 bits per heavy atom. The minimum Gasteiger partial charge on any atom is -0.445 e. The molecule has 28 heavy (non-hydrogen) atoms. The summed E-state index contributed by atoms with van der Waals surface area (Å²) in [6.07, 6.45) is 2.46. The van der Waals surface area contributed by atoms with Crippen LogP contribution in [0.25, 0.3) is 5.57 Å². The Balaban J connectivity index is 1.54. The highest BCUT2D eigenvalue weighted by molar-refractivity contribution is 5.75. The minimum absolute atomic E-state index is 0.00671. The second-order valence-electron chi connectivity index (χ2n) is 7.38. The molecule has 2 heterocycles. The molecule has 2 aliphatic heterocycles. The zero-order valence-electron chi connectivity index (χ0n) is 15.6. The average Bonchev–Trinajstić information content (AvgIpc) is 2.71. The van der Waals surface area contributed by atoms with Gasteiger partial charge in [-0.1, -0.05) is 60.7 Å². The van der Waals surface area contributed by atoms with E-state index in [1.807, 2.05) is 36.4 Å². The molecular weight excluding hydrogens is 360 g/mol. The van der Waals surface area contributed by atoms with E-state index in [-0.39, 0.29) is 30.3 Å². The van der Waals surface area contributed by atoms with Gasteiger partial charge in [-0.15, -0.1) is 0 Å². The lowest BCUT2D eigenvalue weighted by Gasteiger charge is -2.44. The zero-order valence-corrected chi connectivity index (χ0v) is 15.6. The number of piperidine rings is 1. The fraction of sp³-hybridized carbons (Fsp3) is 0.348. The zero-order chi connectivity index (χ0) is 19.5. The van der Waals surface area contributed by atoms with Crippen molar-refractivity contribution in [1.82, 2.24) is 4.90 Å². The highest BCUT2D eigenvalue weighted by atomic mass is 19.3. The van der Waals surface area contributed by atoms with E-state index in [0.717, 1.165) is 30.4 Å². The standard InChI is InChI=1S/C23H23F2NO2/c24-22(25)21-12-5-4-11-20(21)17-13-18-9-6-10-19(14-17)26(18)23(27)28-15-16-7-2-1-3-8-16/h1-5,7-8,11-13,18-19,22H,6,9-10,14-15H2. The number of carbonyl (C=O) groups excluding carboxylic acids is 1. The fourth-order valence-electron chi connectivity index (χ4n) is 4.29. The summed E-state index contributed by atoms with van der Waals surface area (Å²) in [6, 6.07) is 16.1.